The van der Waals surface area contributed by atoms with Gasteiger partial charge in [0.1, 0.15) is 5.60 Å². The summed E-state index contributed by atoms with van der Waals surface area (Å²) in [6, 6.07) is -0.248. The minimum absolute atomic E-state index is 0.208. The first-order valence-corrected chi connectivity index (χ1v) is 8.14. The van der Waals surface area contributed by atoms with Gasteiger partial charge >= 0.3 is 12.1 Å². The fraction of sp³-hybridized carbons (Fsp3) is 0.765. The molecular formula is C17H29NO5. The predicted octanol–water partition coefficient (Wildman–Crippen LogP) is 2.65. The Bertz CT molecular complexity index is 427. The second-order valence-electron chi connectivity index (χ2n) is 6.77. The monoisotopic (exact) mass is 327 g/mol. The van der Waals surface area contributed by atoms with Crippen LogP contribution in [0, 0.1) is 0 Å². The van der Waals surface area contributed by atoms with Gasteiger partial charge in [-0.2, -0.15) is 0 Å². The number of aliphatic hydroxyl groups is 1. The van der Waals surface area contributed by atoms with E-state index >= 15 is 0 Å². The topological polar surface area (TPSA) is 76.1 Å². The van der Waals surface area contributed by atoms with Crippen LogP contribution in [0.15, 0.2) is 12.2 Å². The van der Waals surface area contributed by atoms with Crippen LogP contribution in [0.1, 0.15) is 52.9 Å². The number of carbonyl (C=O) groups is 2. The average Bonchev–Trinajstić information content (AvgIpc) is 2.82. The second kappa shape index (κ2) is 8.91. The lowest BCUT2D eigenvalue weighted by atomic mass is 10.1. The molecule has 2 atom stereocenters. The van der Waals surface area contributed by atoms with Crippen LogP contribution in [0.5, 0.6) is 0 Å². The molecule has 0 saturated carbocycles. The molecule has 0 bridgehead atoms. The summed E-state index contributed by atoms with van der Waals surface area (Å²) in [7, 11) is 1.38. The minimum Gasteiger partial charge on any atom is -0.469 e. The fourth-order valence-electron chi connectivity index (χ4n) is 2.49. The molecule has 1 amide bonds. The van der Waals surface area contributed by atoms with Gasteiger partial charge in [-0.25, -0.2) is 4.79 Å². The number of allylic oxidation sites excluding steroid dienone is 1. The summed E-state index contributed by atoms with van der Waals surface area (Å²) in [5, 5.41) is 10.1. The Morgan fingerprint density at radius 2 is 2.00 bits per heavy atom. The van der Waals surface area contributed by atoms with Gasteiger partial charge in [-0.3, -0.25) is 4.79 Å². The lowest BCUT2D eigenvalue weighted by molar-refractivity contribution is -0.140. The summed E-state index contributed by atoms with van der Waals surface area (Å²) in [6.45, 7) is 5.99. The van der Waals surface area contributed by atoms with E-state index in [1.807, 2.05) is 32.9 Å². The molecule has 0 aromatic carbocycles. The van der Waals surface area contributed by atoms with Crippen LogP contribution >= 0.6 is 0 Å². The van der Waals surface area contributed by atoms with Crippen molar-refractivity contribution in [1.29, 1.82) is 0 Å². The average molecular weight is 327 g/mol. The largest absolute Gasteiger partial charge is 0.469 e. The number of methoxy groups -OCH3 is 1. The zero-order chi connectivity index (χ0) is 17.5. The van der Waals surface area contributed by atoms with Gasteiger partial charge in [-0.1, -0.05) is 12.2 Å². The summed E-state index contributed by atoms with van der Waals surface area (Å²) < 4.78 is 9.96. The van der Waals surface area contributed by atoms with Crippen LogP contribution in [-0.4, -0.2) is 53.5 Å². The van der Waals surface area contributed by atoms with Crippen LogP contribution in [0.25, 0.3) is 0 Å². The van der Waals surface area contributed by atoms with Crippen molar-refractivity contribution < 1.29 is 24.2 Å². The number of amides is 1. The fourth-order valence-corrected chi connectivity index (χ4v) is 2.49. The van der Waals surface area contributed by atoms with Crippen molar-refractivity contribution in [1.82, 2.24) is 4.90 Å². The predicted molar refractivity (Wildman–Crippen MR) is 87.0 cm³/mol. The first kappa shape index (κ1) is 19.5. The van der Waals surface area contributed by atoms with Gasteiger partial charge < -0.3 is 19.5 Å². The van der Waals surface area contributed by atoms with Crippen molar-refractivity contribution in [2.24, 2.45) is 0 Å². The summed E-state index contributed by atoms with van der Waals surface area (Å²) in [5.74, 6) is -0.208. The molecule has 132 valence electrons. The number of unbranched alkanes of at least 4 members (excludes halogenated alkanes) is 1. The van der Waals surface area contributed by atoms with E-state index in [1.165, 1.54) is 7.11 Å². The van der Waals surface area contributed by atoms with Gasteiger partial charge in [0.25, 0.3) is 0 Å². The van der Waals surface area contributed by atoms with Crippen LogP contribution < -0.4 is 0 Å². The summed E-state index contributed by atoms with van der Waals surface area (Å²) >= 11 is 0. The highest BCUT2D eigenvalue weighted by atomic mass is 16.6. The number of esters is 1. The van der Waals surface area contributed by atoms with Crippen LogP contribution in [0.3, 0.4) is 0 Å². The molecule has 0 aromatic rings. The molecule has 1 heterocycles. The maximum atomic E-state index is 12.2. The zero-order valence-corrected chi connectivity index (χ0v) is 14.6. The SMILES string of the molecule is COC(=O)CCCC=CC[C@@H]1C(O)CCN1C(=O)OC(C)(C)C. The van der Waals surface area contributed by atoms with Crippen LogP contribution in [-0.2, 0) is 14.3 Å². The van der Waals surface area contributed by atoms with Crippen LogP contribution in [0.2, 0.25) is 0 Å². The Balaban J connectivity index is 2.43. The first-order valence-electron chi connectivity index (χ1n) is 8.14. The quantitative estimate of drug-likeness (QED) is 0.461. The van der Waals surface area contributed by atoms with E-state index in [0.29, 0.717) is 25.8 Å². The zero-order valence-electron chi connectivity index (χ0n) is 14.6. The number of aliphatic hydroxyl groups excluding tert-OH is 1. The lowest BCUT2D eigenvalue weighted by Gasteiger charge is -2.29. The molecule has 6 heteroatoms. The van der Waals surface area contributed by atoms with Gasteiger partial charge in [0.2, 0.25) is 0 Å². The molecule has 0 radical (unpaired) electrons. The highest BCUT2D eigenvalue weighted by Gasteiger charge is 2.37. The number of hydrogen-bond acceptors (Lipinski definition) is 5. The summed E-state index contributed by atoms with van der Waals surface area (Å²) in [6.07, 6.45) is 6.07. The van der Waals surface area contributed by atoms with E-state index in [2.05, 4.69) is 4.74 Å². The Hall–Kier alpha value is -1.56. The molecule has 1 saturated heterocycles. The van der Waals surface area contributed by atoms with E-state index in [1.54, 1.807) is 4.90 Å². The van der Waals surface area contributed by atoms with Gasteiger partial charge in [-0.05, 0) is 46.5 Å². The Kier molecular flexibility index (Phi) is 7.55. The van der Waals surface area contributed by atoms with Crippen molar-refractivity contribution >= 4 is 12.1 Å². The number of nitrogens with zero attached hydrogens (tertiary/aromatic N) is 1. The molecule has 0 spiro atoms. The van der Waals surface area contributed by atoms with E-state index in [4.69, 9.17) is 4.74 Å². The summed E-state index contributed by atoms with van der Waals surface area (Å²) in [5.41, 5.74) is -0.543. The van der Waals surface area contributed by atoms with E-state index in [0.717, 1.165) is 12.8 Å². The molecule has 0 aromatic heterocycles. The molecule has 6 nitrogen and oxygen atoms in total. The van der Waals surface area contributed by atoms with Gasteiger partial charge in [0, 0.05) is 13.0 Å². The first-order chi connectivity index (χ1) is 10.7. The molecule has 0 aliphatic carbocycles. The third kappa shape index (κ3) is 7.03. The maximum Gasteiger partial charge on any atom is 0.410 e. The summed E-state index contributed by atoms with van der Waals surface area (Å²) in [4.78, 5) is 24.8. The normalized spacial score (nSPS) is 21.7. The smallest absolute Gasteiger partial charge is 0.410 e. The number of ether oxygens (including phenoxy) is 2. The molecule has 1 aliphatic heterocycles. The Labute approximate surface area is 138 Å². The molecule has 1 fully saturated rings. The molecule has 1 aliphatic rings. The minimum atomic E-state index is -0.543. The van der Waals surface area contributed by atoms with Gasteiger partial charge in [0.15, 0.2) is 0 Å². The number of hydrogen-bond donors (Lipinski definition) is 1. The van der Waals surface area contributed by atoms with E-state index < -0.39 is 11.7 Å². The van der Waals surface area contributed by atoms with Crippen molar-refractivity contribution in [2.75, 3.05) is 13.7 Å². The molecule has 1 N–H and O–H groups in total. The third-order valence-electron chi connectivity index (χ3n) is 3.66. The van der Waals surface area contributed by atoms with Crippen molar-refractivity contribution in [2.45, 2.75) is 70.6 Å². The maximum absolute atomic E-state index is 12.2. The third-order valence-corrected chi connectivity index (χ3v) is 3.66. The van der Waals surface area contributed by atoms with Crippen molar-refractivity contribution in [3.8, 4) is 0 Å². The number of carbonyl (C=O) groups excluding carboxylic acids is 2. The molecule has 23 heavy (non-hydrogen) atoms. The van der Waals surface area contributed by atoms with Crippen molar-refractivity contribution in [3.05, 3.63) is 12.2 Å². The second-order valence-corrected chi connectivity index (χ2v) is 6.77. The lowest BCUT2D eigenvalue weighted by Crippen LogP contribution is -2.42. The van der Waals surface area contributed by atoms with Gasteiger partial charge in [-0.15, -0.1) is 0 Å². The van der Waals surface area contributed by atoms with E-state index in [9.17, 15) is 14.7 Å². The van der Waals surface area contributed by atoms with E-state index in [-0.39, 0.29) is 18.1 Å². The highest BCUT2D eigenvalue weighted by Crippen LogP contribution is 2.24. The Morgan fingerprint density at radius 3 is 2.61 bits per heavy atom. The van der Waals surface area contributed by atoms with Crippen LogP contribution in [0.4, 0.5) is 4.79 Å². The Morgan fingerprint density at radius 1 is 1.30 bits per heavy atom. The molecule has 1 unspecified atom stereocenters. The standard InChI is InChI=1S/C17H29NO5/c1-17(2,3)23-16(21)18-12-11-14(19)13(18)9-7-5-6-8-10-15(20)22-4/h5,7,13-14,19H,6,8-12H2,1-4H3/t13-,14?/m1/s1. The number of rotatable bonds is 6. The highest BCUT2D eigenvalue weighted by molar-refractivity contribution is 5.69. The molecule has 1 rings (SSSR count). The number of likely N-dealkylation sites (tertiary alicyclic amines) is 1. The molecular weight excluding hydrogens is 298 g/mol. The van der Waals surface area contributed by atoms with Gasteiger partial charge in [0.05, 0.1) is 19.3 Å². The van der Waals surface area contributed by atoms with Crippen molar-refractivity contribution in [3.63, 3.8) is 0 Å².